The molecule has 0 aliphatic carbocycles. The quantitative estimate of drug-likeness (QED) is 0.538. The summed E-state index contributed by atoms with van der Waals surface area (Å²) in [5.74, 6) is 0.333. The number of hydrogen-bond acceptors (Lipinski definition) is 4. The van der Waals surface area contributed by atoms with Gasteiger partial charge in [-0.1, -0.05) is 0 Å². The molecule has 0 bridgehead atoms. The van der Waals surface area contributed by atoms with Gasteiger partial charge in [-0.05, 0) is 77.5 Å². The molecule has 1 aliphatic rings. The van der Waals surface area contributed by atoms with Crippen molar-refractivity contribution in [3.05, 3.63) is 52.1 Å². The van der Waals surface area contributed by atoms with Crippen molar-refractivity contribution < 1.29 is 17.4 Å². The topological polar surface area (TPSA) is 63.7 Å². The van der Waals surface area contributed by atoms with Gasteiger partial charge in [0.2, 0.25) is 5.91 Å². The van der Waals surface area contributed by atoms with Crippen LogP contribution in [-0.2, 0) is 14.9 Å². The van der Waals surface area contributed by atoms with Crippen LogP contribution in [0.5, 0.6) is 5.75 Å². The fourth-order valence-electron chi connectivity index (χ4n) is 2.38. The van der Waals surface area contributed by atoms with Gasteiger partial charge in [0.15, 0.2) is 0 Å². The van der Waals surface area contributed by atoms with Crippen LogP contribution in [-0.4, -0.2) is 20.9 Å². The van der Waals surface area contributed by atoms with Gasteiger partial charge in [-0.15, -0.1) is 0 Å². The van der Waals surface area contributed by atoms with E-state index in [9.17, 15) is 13.2 Å². The Morgan fingerprint density at radius 3 is 2.22 bits per heavy atom. The molecule has 7 heteroatoms. The van der Waals surface area contributed by atoms with Crippen molar-refractivity contribution in [3.63, 3.8) is 0 Å². The van der Waals surface area contributed by atoms with E-state index in [2.05, 4.69) is 22.6 Å². The molecule has 1 saturated heterocycles. The molecule has 0 saturated carbocycles. The van der Waals surface area contributed by atoms with Crippen molar-refractivity contribution in [1.82, 2.24) is 0 Å². The average molecular weight is 443 g/mol. The predicted molar refractivity (Wildman–Crippen MR) is 95.0 cm³/mol. The highest BCUT2D eigenvalue weighted by atomic mass is 127. The number of anilines is 1. The molecule has 0 aromatic heterocycles. The minimum absolute atomic E-state index is 0.0615. The number of halogens is 1. The molecule has 1 fully saturated rings. The van der Waals surface area contributed by atoms with Gasteiger partial charge in [0.25, 0.3) is 0 Å². The maximum atomic E-state index is 12.3. The van der Waals surface area contributed by atoms with Crippen LogP contribution in [0.25, 0.3) is 0 Å². The van der Waals surface area contributed by atoms with Gasteiger partial charge in [0.1, 0.15) is 10.6 Å². The van der Waals surface area contributed by atoms with Gasteiger partial charge < -0.3 is 9.08 Å². The third kappa shape index (κ3) is 3.66. The highest BCUT2D eigenvalue weighted by molar-refractivity contribution is 14.1. The molecule has 0 N–H and O–H groups in total. The summed E-state index contributed by atoms with van der Waals surface area (Å²) in [6.45, 7) is 0.671. The van der Waals surface area contributed by atoms with Crippen LogP contribution in [0, 0.1) is 3.57 Å². The number of carbonyl (C=O) groups is 1. The molecule has 0 spiro atoms. The highest BCUT2D eigenvalue weighted by Crippen LogP contribution is 2.25. The summed E-state index contributed by atoms with van der Waals surface area (Å²) in [6.07, 6.45) is 1.37. The van der Waals surface area contributed by atoms with Gasteiger partial charge in [0, 0.05) is 22.2 Å². The first-order chi connectivity index (χ1) is 11.0. The molecule has 2 aromatic rings. The lowest BCUT2D eigenvalue weighted by Gasteiger charge is -2.16. The van der Waals surface area contributed by atoms with Gasteiger partial charge >= 0.3 is 10.1 Å². The lowest BCUT2D eigenvalue weighted by Crippen LogP contribution is -2.23. The molecule has 120 valence electrons. The molecule has 3 rings (SSSR count). The number of carbonyl (C=O) groups excluding carboxylic acids is 1. The Kier molecular flexibility index (Phi) is 4.58. The third-order valence-electron chi connectivity index (χ3n) is 3.53. The van der Waals surface area contributed by atoms with Crippen molar-refractivity contribution in [2.24, 2.45) is 0 Å². The van der Waals surface area contributed by atoms with E-state index in [1.165, 1.54) is 12.1 Å². The predicted octanol–water partition coefficient (Wildman–Crippen LogP) is 3.19. The first-order valence-corrected chi connectivity index (χ1v) is 9.55. The molecular formula is C16H14INO4S. The van der Waals surface area contributed by atoms with Crippen LogP contribution in [0.3, 0.4) is 0 Å². The third-order valence-corrected chi connectivity index (χ3v) is 5.51. The second-order valence-electron chi connectivity index (χ2n) is 5.13. The number of nitrogens with zero attached hydrogens (tertiary/aromatic N) is 1. The van der Waals surface area contributed by atoms with Crippen molar-refractivity contribution in [2.75, 3.05) is 11.4 Å². The van der Waals surface area contributed by atoms with Crippen molar-refractivity contribution in [1.29, 1.82) is 0 Å². The van der Waals surface area contributed by atoms with E-state index in [4.69, 9.17) is 4.18 Å². The normalized spacial score (nSPS) is 15.0. The first kappa shape index (κ1) is 16.3. The molecule has 23 heavy (non-hydrogen) atoms. The Hall–Kier alpha value is -1.61. The molecule has 0 unspecified atom stereocenters. The number of hydrogen-bond donors (Lipinski definition) is 0. The Balaban J connectivity index is 1.80. The maximum Gasteiger partial charge on any atom is 0.339 e. The minimum Gasteiger partial charge on any atom is -0.379 e. The number of rotatable bonds is 4. The SMILES string of the molecule is O=C1CCCN1c1ccc(S(=O)(=O)Oc2ccc(I)cc2)cc1. The van der Waals surface area contributed by atoms with Crippen LogP contribution < -0.4 is 9.08 Å². The molecule has 5 nitrogen and oxygen atoms in total. The average Bonchev–Trinajstić information content (AvgIpc) is 2.96. The Bertz CT molecular complexity index is 816. The lowest BCUT2D eigenvalue weighted by molar-refractivity contribution is -0.117. The second-order valence-corrected chi connectivity index (χ2v) is 7.93. The molecule has 1 heterocycles. The largest absolute Gasteiger partial charge is 0.379 e. The zero-order valence-electron chi connectivity index (χ0n) is 12.1. The number of amides is 1. The van der Waals surface area contributed by atoms with E-state index >= 15 is 0 Å². The molecule has 0 radical (unpaired) electrons. The van der Waals surface area contributed by atoms with Crippen molar-refractivity contribution in [2.45, 2.75) is 17.7 Å². The molecular weight excluding hydrogens is 429 g/mol. The van der Waals surface area contributed by atoms with E-state index in [1.54, 1.807) is 41.3 Å². The smallest absolute Gasteiger partial charge is 0.339 e. The van der Waals surface area contributed by atoms with Crippen LogP contribution in [0.15, 0.2) is 53.4 Å². The summed E-state index contributed by atoms with van der Waals surface area (Å²) in [6, 6.07) is 12.9. The number of benzene rings is 2. The molecule has 1 amide bonds. The summed E-state index contributed by atoms with van der Waals surface area (Å²) in [5, 5.41) is 0. The van der Waals surface area contributed by atoms with Gasteiger partial charge in [0.05, 0.1) is 0 Å². The van der Waals surface area contributed by atoms with Gasteiger partial charge in [-0.25, -0.2) is 0 Å². The second kappa shape index (κ2) is 6.48. The highest BCUT2D eigenvalue weighted by Gasteiger charge is 2.23. The van der Waals surface area contributed by atoms with E-state index < -0.39 is 10.1 Å². The summed E-state index contributed by atoms with van der Waals surface area (Å²) < 4.78 is 30.7. The van der Waals surface area contributed by atoms with E-state index in [0.29, 0.717) is 18.7 Å². The minimum atomic E-state index is -3.89. The van der Waals surface area contributed by atoms with Crippen molar-refractivity contribution in [3.8, 4) is 5.75 Å². The van der Waals surface area contributed by atoms with Gasteiger partial charge in [-0.2, -0.15) is 8.42 Å². The summed E-state index contributed by atoms with van der Waals surface area (Å²) in [4.78, 5) is 13.4. The van der Waals surface area contributed by atoms with Crippen LogP contribution in [0.2, 0.25) is 0 Å². The first-order valence-electron chi connectivity index (χ1n) is 7.06. The Morgan fingerprint density at radius 1 is 1.00 bits per heavy atom. The van der Waals surface area contributed by atoms with E-state index in [-0.39, 0.29) is 16.6 Å². The van der Waals surface area contributed by atoms with E-state index in [0.717, 1.165) is 9.99 Å². The fourth-order valence-corrected chi connectivity index (χ4v) is 3.67. The monoisotopic (exact) mass is 443 g/mol. The maximum absolute atomic E-state index is 12.3. The van der Waals surface area contributed by atoms with Crippen LogP contribution in [0.1, 0.15) is 12.8 Å². The van der Waals surface area contributed by atoms with Gasteiger partial charge in [-0.3, -0.25) is 4.79 Å². The van der Waals surface area contributed by atoms with Crippen molar-refractivity contribution >= 4 is 44.3 Å². The fraction of sp³-hybridized carbons (Fsp3) is 0.188. The standard InChI is InChI=1S/C16H14INO4S/c17-12-3-7-14(8-4-12)22-23(20,21)15-9-5-13(6-10-15)18-11-1-2-16(18)19/h3-10H,1-2,11H2. The summed E-state index contributed by atoms with van der Waals surface area (Å²) in [5.41, 5.74) is 0.709. The zero-order chi connectivity index (χ0) is 16.4. The molecule has 1 aliphatic heterocycles. The Labute approximate surface area is 148 Å². The van der Waals surface area contributed by atoms with Crippen LogP contribution >= 0.6 is 22.6 Å². The lowest BCUT2D eigenvalue weighted by atomic mass is 10.3. The summed E-state index contributed by atoms with van der Waals surface area (Å²) >= 11 is 2.13. The molecule has 2 aromatic carbocycles. The zero-order valence-corrected chi connectivity index (χ0v) is 15.1. The summed E-state index contributed by atoms with van der Waals surface area (Å²) in [7, 11) is -3.89. The molecule has 0 atom stereocenters. The van der Waals surface area contributed by atoms with E-state index in [1.807, 2.05) is 0 Å². The Morgan fingerprint density at radius 2 is 1.65 bits per heavy atom. The van der Waals surface area contributed by atoms with Crippen LogP contribution in [0.4, 0.5) is 5.69 Å².